The molecule has 0 atom stereocenters. The van der Waals surface area contributed by atoms with Crippen LogP contribution in [0.3, 0.4) is 0 Å². The second kappa shape index (κ2) is 9.68. The number of methoxy groups -OCH3 is 2. The highest BCUT2D eigenvalue weighted by Gasteiger charge is 2.11. The predicted octanol–water partition coefficient (Wildman–Crippen LogP) is 3.47. The minimum absolute atomic E-state index is 0.181. The fourth-order valence-electron chi connectivity index (χ4n) is 2.22. The van der Waals surface area contributed by atoms with Crippen molar-refractivity contribution in [2.75, 3.05) is 26.1 Å². The molecule has 0 unspecified atom stereocenters. The van der Waals surface area contributed by atoms with Crippen LogP contribution in [0, 0.1) is 0 Å². The number of amides is 1. The maximum Gasteiger partial charge on any atom is 0.306 e. The van der Waals surface area contributed by atoms with E-state index in [-0.39, 0.29) is 13.0 Å². The first-order valence-electron chi connectivity index (χ1n) is 7.93. The Bertz CT molecular complexity index is 761. The molecule has 0 bridgehead atoms. The molecule has 0 aliphatic rings. The van der Waals surface area contributed by atoms with Crippen molar-refractivity contribution in [3.05, 3.63) is 53.1 Å². The van der Waals surface area contributed by atoms with Crippen molar-refractivity contribution in [1.29, 1.82) is 0 Å². The molecule has 0 aliphatic heterocycles. The SMILES string of the molecule is COc1ccc(CCC(=O)OCC(=O)Nc2cc(Cl)ccc2OC)cc1. The Morgan fingerprint density at radius 1 is 1.04 bits per heavy atom. The number of hydrogen-bond acceptors (Lipinski definition) is 5. The number of aryl methyl sites for hydroxylation is 1. The molecule has 7 heteroatoms. The van der Waals surface area contributed by atoms with Crippen LogP contribution in [0.2, 0.25) is 5.02 Å². The van der Waals surface area contributed by atoms with E-state index in [2.05, 4.69) is 5.32 Å². The zero-order valence-electron chi connectivity index (χ0n) is 14.6. The summed E-state index contributed by atoms with van der Waals surface area (Å²) in [4.78, 5) is 23.7. The highest BCUT2D eigenvalue weighted by Crippen LogP contribution is 2.27. The largest absolute Gasteiger partial charge is 0.497 e. The summed E-state index contributed by atoms with van der Waals surface area (Å²) in [6, 6.07) is 12.3. The maximum absolute atomic E-state index is 11.9. The third-order valence-electron chi connectivity index (χ3n) is 3.58. The molecule has 6 nitrogen and oxygen atoms in total. The summed E-state index contributed by atoms with van der Waals surface area (Å²) in [5.41, 5.74) is 1.40. The average Bonchev–Trinajstić information content (AvgIpc) is 2.65. The Balaban J connectivity index is 1.77. The molecular formula is C19H20ClNO5. The second-order valence-corrected chi connectivity index (χ2v) is 5.84. The van der Waals surface area contributed by atoms with Gasteiger partial charge >= 0.3 is 5.97 Å². The van der Waals surface area contributed by atoms with Crippen LogP contribution in [0.5, 0.6) is 11.5 Å². The minimum Gasteiger partial charge on any atom is -0.497 e. The van der Waals surface area contributed by atoms with E-state index >= 15 is 0 Å². The Labute approximate surface area is 157 Å². The van der Waals surface area contributed by atoms with Crippen molar-refractivity contribution >= 4 is 29.2 Å². The zero-order chi connectivity index (χ0) is 18.9. The maximum atomic E-state index is 11.9. The summed E-state index contributed by atoms with van der Waals surface area (Å²) in [5, 5.41) is 3.06. The zero-order valence-corrected chi connectivity index (χ0v) is 15.3. The van der Waals surface area contributed by atoms with Gasteiger partial charge in [-0.2, -0.15) is 0 Å². The number of hydrogen-bond donors (Lipinski definition) is 1. The van der Waals surface area contributed by atoms with Gasteiger partial charge in [-0.05, 0) is 42.3 Å². The topological polar surface area (TPSA) is 73.9 Å². The first kappa shape index (κ1) is 19.6. The molecule has 0 fully saturated rings. The molecule has 2 aromatic carbocycles. The number of esters is 1. The lowest BCUT2D eigenvalue weighted by Crippen LogP contribution is -2.21. The Hall–Kier alpha value is -2.73. The minimum atomic E-state index is -0.469. The number of carbonyl (C=O) groups is 2. The lowest BCUT2D eigenvalue weighted by atomic mass is 10.1. The number of benzene rings is 2. The lowest BCUT2D eigenvalue weighted by molar-refractivity contribution is -0.147. The quantitative estimate of drug-likeness (QED) is 0.713. The average molecular weight is 378 g/mol. The Morgan fingerprint density at radius 3 is 2.42 bits per heavy atom. The highest BCUT2D eigenvalue weighted by atomic mass is 35.5. The van der Waals surface area contributed by atoms with Crippen molar-refractivity contribution in [2.24, 2.45) is 0 Å². The van der Waals surface area contributed by atoms with E-state index in [1.54, 1.807) is 25.3 Å². The van der Waals surface area contributed by atoms with E-state index in [4.69, 9.17) is 25.8 Å². The van der Waals surface area contributed by atoms with Crippen molar-refractivity contribution in [3.8, 4) is 11.5 Å². The van der Waals surface area contributed by atoms with Gasteiger partial charge in [0.15, 0.2) is 6.61 Å². The summed E-state index contributed by atoms with van der Waals surface area (Å²) in [6.45, 7) is -0.378. The molecule has 2 aromatic rings. The van der Waals surface area contributed by atoms with Crippen LogP contribution < -0.4 is 14.8 Å². The van der Waals surface area contributed by atoms with Crippen LogP contribution in [0.4, 0.5) is 5.69 Å². The van der Waals surface area contributed by atoms with Gasteiger partial charge in [0.1, 0.15) is 11.5 Å². The molecule has 0 aliphatic carbocycles. The van der Waals surface area contributed by atoms with Crippen LogP contribution in [-0.2, 0) is 20.7 Å². The normalized spacial score (nSPS) is 10.1. The first-order valence-corrected chi connectivity index (χ1v) is 8.31. The van der Waals surface area contributed by atoms with Crippen LogP contribution in [0.1, 0.15) is 12.0 Å². The van der Waals surface area contributed by atoms with E-state index in [1.807, 2.05) is 24.3 Å². The molecular weight excluding hydrogens is 358 g/mol. The van der Waals surface area contributed by atoms with Crippen molar-refractivity contribution in [3.63, 3.8) is 0 Å². The van der Waals surface area contributed by atoms with Crippen molar-refractivity contribution < 1.29 is 23.8 Å². The third-order valence-corrected chi connectivity index (χ3v) is 3.81. The molecule has 0 heterocycles. The van der Waals surface area contributed by atoms with E-state index < -0.39 is 11.9 Å². The van der Waals surface area contributed by atoms with Gasteiger partial charge in [0.05, 0.1) is 19.9 Å². The van der Waals surface area contributed by atoms with E-state index in [9.17, 15) is 9.59 Å². The first-order chi connectivity index (χ1) is 12.5. The number of ether oxygens (including phenoxy) is 3. The standard InChI is InChI=1S/C19H20ClNO5/c1-24-15-7-3-13(4-8-15)5-10-19(23)26-12-18(22)21-16-11-14(20)6-9-17(16)25-2/h3-4,6-9,11H,5,10,12H2,1-2H3,(H,21,22). The second-order valence-electron chi connectivity index (χ2n) is 5.40. The van der Waals surface area contributed by atoms with E-state index in [0.717, 1.165) is 11.3 Å². The molecule has 2 rings (SSSR count). The smallest absolute Gasteiger partial charge is 0.306 e. The molecule has 138 valence electrons. The molecule has 0 radical (unpaired) electrons. The van der Waals surface area contributed by atoms with Gasteiger partial charge in [-0.25, -0.2) is 0 Å². The van der Waals surface area contributed by atoms with Crippen LogP contribution >= 0.6 is 11.6 Å². The molecule has 0 saturated carbocycles. The molecule has 1 amide bonds. The molecule has 0 spiro atoms. The van der Waals surface area contributed by atoms with Gasteiger partial charge in [-0.1, -0.05) is 23.7 Å². The van der Waals surface area contributed by atoms with Crippen LogP contribution in [-0.4, -0.2) is 32.7 Å². The monoisotopic (exact) mass is 377 g/mol. The number of anilines is 1. The highest BCUT2D eigenvalue weighted by molar-refractivity contribution is 6.31. The summed E-state index contributed by atoms with van der Waals surface area (Å²) in [7, 11) is 3.08. The van der Waals surface area contributed by atoms with Gasteiger partial charge in [0, 0.05) is 11.4 Å². The van der Waals surface area contributed by atoms with Gasteiger partial charge < -0.3 is 19.5 Å². The number of carbonyl (C=O) groups excluding carboxylic acids is 2. The Morgan fingerprint density at radius 2 is 1.77 bits per heavy atom. The van der Waals surface area contributed by atoms with E-state index in [0.29, 0.717) is 22.9 Å². The van der Waals surface area contributed by atoms with Gasteiger partial charge in [-0.3, -0.25) is 9.59 Å². The summed E-state index contributed by atoms with van der Waals surface area (Å²) >= 11 is 5.90. The van der Waals surface area contributed by atoms with Crippen LogP contribution in [0.15, 0.2) is 42.5 Å². The van der Waals surface area contributed by atoms with Crippen molar-refractivity contribution in [2.45, 2.75) is 12.8 Å². The summed E-state index contributed by atoms with van der Waals surface area (Å²) in [6.07, 6.45) is 0.701. The summed E-state index contributed by atoms with van der Waals surface area (Å²) in [5.74, 6) is 0.301. The number of halogens is 1. The number of nitrogens with one attached hydrogen (secondary N) is 1. The summed E-state index contributed by atoms with van der Waals surface area (Å²) < 4.78 is 15.2. The van der Waals surface area contributed by atoms with Gasteiger partial charge in [-0.15, -0.1) is 0 Å². The number of rotatable bonds is 8. The molecule has 0 aromatic heterocycles. The van der Waals surface area contributed by atoms with E-state index in [1.165, 1.54) is 7.11 Å². The molecule has 26 heavy (non-hydrogen) atoms. The predicted molar refractivity (Wildman–Crippen MR) is 98.9 cm³/mol. The molecule has 1 N–H and O–H groups in total. The third kappa shape index (κ3) is 5.97. The van der Waals surface area contributed by atoms with Crippen LogP contribution in [0.25, 0.3) is 0 Å². The van der Waals surface area contributed by atoms with Gasteiger partial charge in [0.25, 0.3) is 5.91 Å². The fraction of sp³-hybridized carbons (Fsp3) is 0.263. The van der Waals surface area contributed by atoms with Crippen molar-refractivity contribution in [1.82, 2.24) is 0 Å². The lowest BCUT2D eigenvalue weighted by Gasteiger charge is -2.11. The van der Waals surface area contributed by atoms with Gasteiger partial charge in [0.2, 0.25) is 0 Å². The Kier molecular flexibility index (Phi) is 7.29. The fourth-order valence-corrected chi connectivity index (χ4v) is 2.39. The molecule has 0 saturated heterocycles.